The van der Waals surface area contributed by atoms with Crippen LogP contribution in [0, 0.1) is 11.6 Å². The van der Waals surface area contributed by atoms with Crippen molar-refractivity contribution in [2.24, 2.45) is 0 Å². The molecule has 2 aromatic rings. The molecule has 0 unspecified atom stereocenters. The number of hydrogen-bond donors (Lipinski definition) is 1. The molecule has 0 aliphatic heterocycles. The van der Waals surface area contributed by atoms with Crippen molar-refractivity contribution < 1.29 is 18.7 Å². The lowest BCUT2D eigenvalue weighted by Crippen LogP contribution is -2.23. The Morgan fingerprint density at radius 2 is 1.90 bits per heavy atom. The highest BCUT2D eigenvalue weighted by Gasteiger charge is 2.17. The number of carbonyl (C=O) groups is 1. The summed E-state index contributed by atoms with van der Waals surface area (Å²) >= 11 is 0. The van der Waals surface area contributed by atoms with Crippen LogP contribution in [0.4, 0.5) is 8.78 Å². The van der Waals surface area contributed by atoms with E-state index < -0.39 is 28.6 Å². The third-order valence-corrected chi connectivity index (χ3v) is 3.14. The number of fused-ring (bicyclic) bond motifs is 1. The summed E-state index contributed by atoms with van der Waals surface area (Å²) in [6, 6.07) is 1.65. The number of rotatable bonds is 4. The number of hydrogen-bond acceptors (Lipinski definition) is 3. The standard InChI is InChI=1S/C14H14F2N2O3/c1-17(2)3-4-18-7-9(14(20)21)13(19)8-5-10(15)11(16)6-12(8)18/h5-7H,3-4H2,1-2H3,(H,20,21). The minimum Gasteiger partial charge on any atom is -0.477 e. The highest BCUT2D eigenvalue weighted by molar-refractivity contribution is 5.92. The Hall–Kier alpha value is -2.28. The molecule has 7 heteroatoms. The van der Waals surface area contributed by atoms with Crippen molar-refractivity contribution in [2.75, 3.05) is 20.6 Å². The Kier molecular flexibility index (Phi) is 4.04. The fourth-order valence-electron chi connectivity index (χ4n) is 2.03. The predicted molar refractivity (Wildman–Crippen MR) is 73.6 cm³/mol. The van der Waals surface area contributed by atoms with Gasteiger partial charge in [0.15, 0.2) is 11.6 Å². The van der Waals surface area contributed by atoms with Gasteiger partial charge in [0.25, 0.3) is 0 Å². The number of aromatic nitrogens is 1. The fraction of sp³-hybridized carbons (Fsp3) is 0.286. The average Bonchev–Trinajstić information content (AvgIpc) is 2.39. The van der Waals surface area contributed by atoms with Gasteiger partial charge in [0.05, 0.1) is 5.52 Å². The minimum absolute atomic E-state index is 0.146. The van der Waals surface area contributed by atoms with Gasteiger partial charge in [0.1, 0.15) is 5.56 Å². The topological polar surface area (TPSA) is 62.5 Å². The first-order chi connectivity index (χ1) is 9.81. The molecule has 0 aliphatic carbocycles. The lowest BCUT2D eigenvalue weighted by molar-refractivity contribution is 0.0695. The van der Waals surface area contributed by atoms with Crippen LogP contribution in [-0.2, 0) is 6.54 Å². The zero-order valence-electron chi connectivity index (χ0n) is 11.6. The molecule has 5 nitrogen and oxygen atoms in total. The Balaban J connectivity index is 2.75. The highest BCUT2D eigenvalue weighted by atomic mass is 19.2. The zero-order chi connectivity index (χ0) is 15.7. The number of pyridine rings is 1. The van der Waals surface area contributed by atoms with Crippen LogP contribution in [0.3, 0.4) is 0 Å². The number of carboxylic acid groups (broad SMARTS) is 1. The molecule has 1 heterocycles. The summed E-state index contributed by atoms with van der Waals surface area (Å²) in [4.78, 5) is 25.0. The van der Waals surface area contributed by atoms with E-state index in [1.807, 2.05) is 19.0 Å². The quantitative estimate of drug-likeness (QED) is 0.929. The summed E-state index contributed by atoms with van der Waals surface area (Å²) in [7, 11) is 3.64. The highest BCUT2D eigenvalue weighted by Crippen LogP contribution is 2.17. The predicted octanol–water partition coefficient (Wildman–Crippen LogP) is 1.54. The van der Waals surface area contributed by atoms with Gasteiger partial charge in [-0.05, 0) is 20.2 Å². The van der Waals surface area contributed by atoms with E-state index in [0.717, 1.165) is 18.3 Å². The maximum Gasteiger partial charge on any atom is 0.341 e. The first kappa shape index (κ1) is 15.1. The van der Waals surface area contributed by atoms with Crippen LogP contribution in [0.25, 0.3) is 10.9 Å². The summed E-state index contributed by atoms with van der Waals surface area (Å²) in [6.07, 6.45) is 1.16. The summed E-state index contributed by atoms with van der Waals surface area (Å²) in [5.74, 6) is -3.66. The van der Waals surface area contributed by atoms with Crippen LogP contribution in [0.15, 0.2) is 23.1 Å². The van der Waals surface area contributed by atoms with Gasteiger partial charge in [-0.25, -0.2) is 13.6 Å². The molecule has 2 rings (SSSR count). The van der Waals surface area contributed by atoms with Gasteiger partial charge in [0.2, 0.25) is 5.43 Å². The average molecular weight is 296 g/mol. The van der Waals surface area contributed by atoms with E-state index in [-0.39, 0.29) is 10.9 Å². The van der Waals surface area contributed by atoms with Crippen LogP contribution in [0.1, 0.15) is 10.4 Å². The first-order valence-electron chi connectivity index (χ1n) is 6.21. The van der Waals surface area contributed by atoms with Gasteiger partial charge < -0.3 is 14.6 Å². The van der Waals surface area contributed by atoms with Crippen molar-refractivity contribution in [2.45, 2.75) is 6.54 Å². The Bertz CT molecular complexity index is 769. The number of nitrogens with zero attached hydrogens (tertiary/aromatic N) is 2. The molecule has 0 amide bonds. The molecule has 21 heavy (non-hydrogen) atoms. The molecule has 1 N–H and O–H groups in total. The second-order valence-corrected chi connectivity index (χ2v) is 4.96. The van der Waals surface area contributed by atoms with Crippen LogP contribution in [0.2, 0.25) is 0 Å². The van der Waals surface area contributed by atoms with Crippen molar-refractivity contribution in [3.63, 3.8) is 0 Å². The molecule has 112 valence electrons. The van der Waals surface area contributed by atoms with Crippen LogP contribution < -0.4 is 5.43 Å². The molecule has 1 aromatic carbocycles. The smallest absolute Gasteiger partial charge is 0.341 e. The normalized spacial score (nSPS) is 11.3. The number of likely N-dealkylation sites (N-methyl/N-ethyl adjacent to an activating group) is 1. The number of carboxylic acids is 1. The Labute approximate surface area is 119 Å². The number of aromatic carboxylic acids is 1. The van der Waals surface area contributed by atoms with Gasteiger partial charge in [0, 0.05) is 30.7 Å². The minimum atomic E-state index is -1.40. The van der Waals surface area contributed by atoms with Crippen molar-refractivity contribution in [3.8, 4) is 0 Å². The third-order valence-electron chi connectivity index (χ3n) is 3.14. The van der Waals surface area contributed by atoms with E-state index in [1.54, 1.807) is 0 Å². The summed E-state index contributed by atoms with van der Waals surface area (Å²) in [6.45, 7) is 0.894. The molecule has 1 aromatic heterocycles. The van der Waals surface area contributed by atoms with Gasteiger partial charge in [-0.2, -0.15) is 0 Å². The maximum absolute atomic E-state index is 13.4. The fourth-order valence-corrected chi connectivity index (χ4v) is 2.03. The van der Waals surface area contributed by atoms with Gasteiger partial charge in [-0.1, -0.05) is 0 Å². The van der Waals surface area contributed by atoms with Gasteiger partial charge in [-0.3, -0.25) is 4.79 Å². The first-order valence-corrected chi connectivity index (χ1v) is 6.21. The molecular weight excluding hydrogens is 282 g/mol. The molecule has 0 fully saturated rings. The van der Waals surface area contributed by atoms with E-state index in [2.05, 4.69) is 0 Å². The Morgan fingerprint density at radius 1 is 1.29 bits per heavy atom. The van der Waals surface area contributed by atoms with E-state index in [1.165, 1.54) is 4.57 Å². The molecule has 0 spiro atoms. The summed E-state index contributed by atoms with van der Waals surface area (Å²) in [5.41, 5.74) is -1.12. The molecule has 0 saturated carbocycles. The second-order valence-electron chi connectivity index (χ2n) is 4.96. The third kappa shape index (κ3) is 2.92. The van der Waals surface area contributed by atoms with Crippen molar-refractivity contribution >= 4 is 16.9 Å². The van der Waals surface area contributed by atoms with E-state index >= 15 is 0 Å². The summed E-state index contributed by atoms with van der Waals surface area (Å²) in [5, 5.41) is 8.91. The maximum atomic E-state index is 13.4. The zero-order valence-corrected chi connectivity index (χ0v) is 11.6. The van der Waals surface area contributed by atoms with Crippen LogP contribution in [-0.4, -0.2) is 41.2 Å². The van der Waals surface area contributed by atoms with Crippen molar-refractivity contribution in [3.05, 3.63) is 45.8 Å². The lowest BCUT2D eigenvalue weighted by Gasteiger charge is -2.15. The van der Waals surface area contributed by atoms with E-state index in [4.69, 9.17) is 5.11 Å². The van der Waals surface area contributed by atoms with Gasteiger partial charge in [-0.15, -0.1) is 0 Å². The van der Waals surface area contributed by atoms with Gasteiger partial charge >= 0.3 is 5.97 Å². The largest absolute Gasteiger partial charge is 0.477 e. The van der Waals surface area contributed by atoms with E-state index in [0.29, 0.717) is 13.1 Å². The second kappa shape index (κ2) is 5.61. The van der Waals surface area contributed by atoms with E-state index in [9.17, 15) is 18.4 Å². The molecule has 0 bridgehead atoms. The summed E-state index contributed by atoms with van der Waals surface area (Å²) < 4.78 is 28.2. The molecule has 0 radical (unpaired) electrons. The molecular formula is C14H14F2N2O3. The molecule has 0 aliphatic rings. The Morgan fingerprint density at radius 3 is 2.48 bits per heavy atom. The monoisotopic (exact) mass is 296 g/mol. The van der Waals surface area contributed by atoms with Crippen molar-refractivity contribution in [1.82, 2.24) is 9.47 Å². The van der Waals surface area contributed by atoms with Crippen LogP contribution in [0.5, 0.6) is 0 Å². The SMILES string of the molecule is CN(C)CCn1cc(C(=O)O)c(=O)c2cc(F)c(F)cc21. The molecule has 0 saturated heterocycles. The molecule has 0 atom stereocenters. The van der Waals surface area contributed by atoms with Crippen LogP contribution >= 0.6 is 0 Å². The lowest BCUT2D eigenvalue weighted by atomic mass is 10.1. The number of halogens is 2. The number of benzene rings is 1. The van der Waals surface area contributed by atoms with Crippen molar-refractivity contribution in [1.29, 1.82) is 0 Å².